The molecule has 0 heterocycles. The summed E-state index contributed by atoms with van der Waals surface area (Å²) in [4.78, 5) is 3.88. The van der Waals surface area contributed by atoms with Crippen molar-refractivity contribution < 1.29 is 29.7 Å². The van der Waals surface area contributed by atoms with Crippen LogP contribution < -0.4 is 0 Å². The van der Waals surface area contributed by atoms with Crippen molar-refractivity contribution in [3.8, 4) is 0 Å². The molecule has 0 saturated heterocycles. The normalized spacial score (nSPS) is 15.0. The zero-order valence-electron chi connectivity index (χ0n) is 8.50. The van der Waals surface area contributed by atoms with Gasteiger partial charge < -0.3 is 10.3 Å². The fraction of sp³-hybridized carbons (Fsp3) is 0.875. The van der Waals surface area contributed by atoms with Crippen molar-refractivity contribution in [1.82, 2.24) is 0 Å². The number of alkyl halides is 3. The van der Waals surface area contributed by atoms with Gasteiger partial charge >= 0.3 is 6.18 Å². The quantitative estimate of drug-likeness (QED) is 0.411. The minimum absolute atomic E-state index is 0. The van der Waals surface area contributed by atoms with Crippen molar-refractivity contribution in [2.24, 2.45) is 4.99 Å². The first-order valence-electron chi connectivity index (χ1n) is 4.05. The Morgan fingerprint density at radius 2 is 1.64 bits per heavy atom. The zero-order chi connectivity index (χ0) is 10.6. The molecule has 0 aromatic carbocycles. The Balaban J connectivity index is 0. The van der Waals surface area contributed by atoms with E-state index in [-0.39, 0.29) is 28.4 Å². The summed E-state index contributed by atoms with van der Waals surface area (Å²) in [5.74, 6) is 0.194. The molecule has 0 saturated carbocycles. The van der Waals surface area contributed by atoms with Gasteiger partial charge in [-0.1, -0.05) is 26.6 Å². The van der Waals surface area contributed by atoms with E-state index in [2.05, 4.69) is 10.3 Å². The van der Waals surface area contributed by atoms with Crippen LogP contribution in [0.15, 0.2) is 4.99 Å². The number of hydrogen-bond acceptors (Lipinski definition) is 1. The maximum atomic E-state index is 12.0. The molecular formula is C8H14F3N2Ni-. The van der Waals surface area contributed by atoms with E-state index < -0.39 is 12.2 Å². The van der Waals surface area contributed by atoms with E-state index in [1.807, 2.05) is 0 Å². The van der Waals surface area contributed by atoms with Gasteiger partial charge in [-0.2, -0.15) is 13.2 Å². The van der Waals surface area contributed by atoms with Crippen molar-refractivity contribution >= 4 is 5.84 Å². The number of hydrogen-bond donors (Lipinski definition) is 0. The van der Waals surface area contributed by atoms with Crippen molar-refractivity contribution in [3.05, 3.63) is 5.32 Å². The minimum Gasteiger partial charge on any atom is -0.467 e. The van der Waals surface area contributed by atoms with Crippen LogP contribution in [0.1, 0.15) is 27.7 Å². The summed E-state index contributed by atoms with van der Waals surface area (Å²) in [7, 11) is 0. The molecule has 0 N–H and O–H groups in total. The summed E-state index contributed by atoms with van der Waals surface area (Å²) in [6.45, 7) is 6.07. The Bertz CT molecular complexity index is 190. The maximum Gasteiger partial charge on any atom is 0.390 e. The van der Waals surface area contributed by atoms with Gasteiger partial charge in [0.05, 0.1) is 6.04 Å². The van der Waals surface area contributed by atoms with Gasteiger partial charge in [0.1, 0.15) is 0 Å². The van der Waals surface area contributed by atoms with Crippen LogP contribution in [0.5, 0.6) is 0 Å². The van der Waals surface area contributed by atoms with Gasteiger partial charge in [-0.05, 0) is 13.0 Å². The third kappa shape index (κ3) is 7.19. The standard InChI is InChI=1S/C8H14F3N2.Ni/c1-5(2)12-7(4)13-6(3)8(9,10)11;/h5-6H,1-4H3;/q-1;. The van der Waals surface area contributed by atoms with Gasteiger partial charge in [-0.3, -0.25) is 0 Å². The average Bonchev–Trinajstić information content (AvgIpc) is 1.82. The van der Waals surface area contributed by atoms with E-state index in [4.69, 9.17) is 0 Å². The van der Waals surface area contributed by atoms with Crippen molar-refractivity contribution in [3.63, 3.8) is 0 Å². The minimum atomic E-state index is -4.27. The number of rotatable bonds is 2. The van der Waals surface area contributed by atoms with Gasteiger partial charge in [0.25, 0.3) is 0 Å². The van der Waals surface area contributed by atoms with Crippen LogP contribution in [0.4, 0.5) is 13.2 Å². The third-order valence-corrected chi connectivity index (χ3v) is 1.30. The van der Waals surface area contributed by atoms with Crippen LogP contribution in [0, 0.1) is 0 Å². The van der Waals surface area contributed by atoms with E-state index in [9.17, 15) is 13.2 Å². The zero-order valence-corrected chi connectivity index (χ0v) is 9.49. The first-order chi connectivity index (χ1) is 5.73. The topological polar surface area (TPSA) is 26.5 Å². The van der Waals surface area contributed by atoms with Crippen LogP contribution in [0.25, 0.3) is 5.32 Å². The summed E-state index contributed by atoms with van der Waals surface area (Å²) in [6, 6.07) is -1.70. The van der Waals surface area contributed by atoms with E-state index in [0.717, 1.165) is 6.92 Å². The molecule has 0 aliphatic heterocycles. The molecule has 0 amide bonds. The maximum absolute atomic E-state index is 12.0. The number of aliphatic imine (C=N–C) groups is 1. The average molecular weight is 254 g/mol. The fourth-order valence-corrected chi connectivity index (χ4v) is 0.760. The molecule has 0 aromatic rings. The van der Waals surface area contributed by atoms with E-state index in [0.29, 0.717) is 0 Å². The fourth-order valence-electron chi connectivity index (χ4n) is 0.760. The molecule has 2 nitrogen and oxygen atoms in total. The van der Waals surface area contributed by atoms with Crippen LogP contribution >= 0.6 is 0 Å². The molecule has 0 aliphatic rings. The Morgan fingerprint density at radius 3 is 1.93 bits per heavy atom. The van der Waals surface area contributed by atoms with Crippen molar-refractivity contribution in [2.45, 2.75) is 46.0 Å². The molecule has 0 aliphatic carbocycles. The molecule has 14 heavy (non-hydrogen) atoms. The summed E-state index contributed by atoms with van der Waals surface area (Å²) >= 11 is 0. The predicted octanol–water partition coefficient (Wildman–Crippen LogP) is 3.14. The van der Waals surface area contributed by atoms with Gasteiger partial charge in [-0.25, -0.2) is 0 Å². The number of nitrogens with zero attached hydrogens (tertiary/aromatic N) is 2. The SMILES string of the molecule is CC(=NC(C)C)[N-]C(C)C(F)(F)F.[Ni]. The predicted molar refractivity (Wildman–Crippen MR) is 47.1 cm³/mol. The Labute approximate surface area is 92.3 Å². The molecular weight excluding hydrogens is 240 g/mol. The summed E-state index contributed by atoms with van der Waals surface area (Å²) in [6.07, 6.45) is -4.27. The molecule has 0 fully saturated rings. The third-order valence-electron chi connectivity index (χ3n) is 1.30. The molecule has 88 valence electrons. The molecule has 0 spiro atoms. The largest absolute Gasteiger partial charge is 0.467 e. The molecule has 6 heteroatoms. The summed E-state index contributed by atoms with van der Waals surface area (Å²) in [5.41, 5.74) is 0. The van der Waals surface area contributed by atoms with Crippen molar-refractivity contribution in [1.29, 1.82) is 0 Å². The Hall–Kier alpha value is -0.246. The van der Waals surface area contributed by atoms with E-state index in [1.165, 1.54) is 6.92 Å². The second-order valence-electron chi connectivity index (χ2n) is 3.12. The molecule has 1 unspecified atom stereocenters. The van der Waals surface area contributed by atoms with Gasteiger partial charge in [0.15, 0.2) is 0 Å². The van der Waals surface area contributed by atoms with Crippen LogP contribution in [0.2, 0.25) is 0 Å². The second-order valence-corrected chi connectivity index (χ2v) is 3.12. The van der Waals surface area contributed by atoms with Crippen molar-refractivity contribution in [2.75, 3.05) is 0 Å². The summed E-state index contributed by atoms with van der Waals surface area (Å²) in [5, 5.41) is 3.41. The molecule has 0 radical (unpaired) electrons. The van der Waals surface area contributed by atoms with Gasteiger partial charge in [0.2, 0.25) is 0 Å². The first-order valence-corrected chi connectivity index (χ1v) is 4.05. The first kappa shape index (κ1) is 16.2. The van der Waals surface area contributed by atoms with E-state index >= 15 is 0 Å². The van der Waals surface area contributed by atoms with Crippen LogP contribution in [-0.4, -0.2) is 24.1 Å². The van der Waals surface area contributed by atoms with Crippen LogP contribution in [0.3, 0.4) is 0 Å². The smallest absolute Gasteiger partial charge is 0.390 e. The Morgan fingerprint density at radius 1 is 1.21 bits per heavy atom. The Kier molecular flexibility index (Phi) is 7.26. The van der Waals surface area contributed by atoms with E-state index in [1.54, 1.807) is 13.8 Å². The molecule has 0 bridgehead atoms. The second kappa shape index (κ2) is 6.28. The number of halogens is 3. The molecule has 0 aromatic heterocycles. The van der Waals surface area contributed by atoms with Gasteiger partial charge in [0, 0.05) is 16.5 Å². The molecule has 0 rings (SSSR count). The van der Waals surface area contributed by atoms with Crippen LogP contribution in [-0.2, 0) is 16.5 Å². The summed E-state index contributed by atoms with van der Waals surface area (Å²) < 4.78 is 36.0. The number of amidine groups is 1. The molecule has 1 atom stereocenters. The monoisotopic (exact) mass is 253 g/mol. The van der Waals surface area contributed by atoms with Gasteiger partial charge in [-0.15, -0.1) is 0 Å².